The fraction of sp³-hybridized carbons (Fsp3) is 0.533. The zero-order chi connectivity index (χ0) is 14.8. The third kappa shape index (κ3) is 3.99. The largest absolute Gasteiger partial charge is 0.394 e. The van der Waals surface area contributed by atoms with Crippen molar-refractivity contribution >= 4 is 17.2 Å². The Balaban J connectivity index is 2.09. The molecule has 0 saturated carbocycles. The van der Waals surface area contributed by atoms with Crippen LogP contribution < -0.4 is 5.73 Å². The van der Waals surface area contributed by atoms with Gasteiger partial charge >= 0.3 is 0 Å². The molecule has 2 rings (SSSR count). The van der Waals surface area contributed by atoms with Gasteiger partial charge in [0.1, 0.15) is 4.99 Å². The van der Waals surface area contributed by atoms with Crippen LogP contribution >= 0.6 is 12.2 Å². The highest BCUT2D eigenvalue weighted by atomic mass is 32.1. The second kappa shape index (κ2) is 6.18. The molecule has 3 N–H and O–H groups in total. The van der Waals surface area contributed by atoms with Crippen LogP contribution in [0.25, 0.3) is 0 Å². The molecule has 1 aliphatic heterocycles. The molecular weight excluding hydrogens is 272 g/mol. The lowest BCUT2D eigenvalue weighted by molar-refractivity contribution is -0.150. The van der Waals surface area contributed by atoms with Crippen molar-refractivity contribution in [1.29, 1.82) is 0 Å². The third-order valence-corrected chi connectivity index (χ3v) is 3.61. The summed E-state index contributed by atoms with van der Waals surface area (Å²) in [5, 5.41) is 9.34. The fourth-order valence-corrected chi connectivity index (χ4v) is 2.84. The molecule has 1 aromatic carbocycles. The Morgan fingerprint density at radius 2 is 2.30 bits per heavy atom. The lowest BCUT2D eigenvalue weighted by Crippen LogP contribution is -2.53. The number of hydrogen-bond acceptors (Lipinski definition) is 4. The molecule has 4 nitrogen and oxygen atoms in total. The van der Waals surface area contributed by atoms with E-state index in [4.69, 9.17) is 22.7 Å². The van der Waals surface area contributed by atoms with Gasteiger partial charge in [0, 0.05) is 25.2 Å². The summed E-state index contributed by atoms with van der Waals surface area (Å²) < 4.78 is 5.82. The summed E-state index contributed by atoms with van der Waals surface area (Å²) in [6.07, 6.45) is -0.127. The minimum Gasteiger partial charge on any atom is -0.394 e. The molecule has 1 heterocycles. The van der Waals surface area contributed by atoms with Crippen LogP contribution in [0.15, 0.2) is 24.3 Å². The smallest absolute Gasteiger partial charge is 0.103 e. The molecule has 1 unspecified atom stereocenters. The number of rotatable bonds is 4. The van der Waals surface area contributed by atoms with E-state index in [-0.39, 0.29) is 18.3 Å². The van der Waals surface area contributed by atoms with Gasteiger partial charge in [-0.05, 0) is 25.5 Å². The third-order valence-electron chi connectivity index (χ3n) is 3.37. The van der Waals surface area contributed by atoms with Crippen molar-refractivity contribution in [3.8, 4) is 0 Å². The number of hydrogen-bond donors (Lipinski definition) is 2. The van der Waals surface area contributed by atoms with Crippen LogP contribution in [0.2, 0.25) is 0 Å². The zero-order valence-corrected chi connectivity index (χ0v) is 12.8. The van der Waals surface area contributed by atoms with E-state index < -0.39 is 0 Å². The van der Waals surface area contributed by atoms with Crippen LogP contribution in [0.3, 0.4) is 0 Å². The Morgan fingerprint density at radius 3 is 2.95 bits per heavy atom. The van der Waals surface area contributed by atoms with E-state index in [1.54, 1.807) is 0 Å². The van der Waals surface area contributed by atoms with Gasteiger partial charge in [0.15, 0.2) is 0 Å². The summed E-state index contributed by atoms with van der Waals surface area (Å²) in [4.78, 5) is 2.71. The first kappa shape index (κ1) is 15.4. The van der Waals surface area contributed by atoms with Crippen LogP contribution in [0.5, 0.6) is 0 Å². The number of thiocarbonyl (C=S) groups is 1. The number of ether oxygens (including phenoxy) is 1. The number of nitrogens with two attached hydrogens (primary N) is 1. The van der Waals surface area contributed by atoms with Crippen LogP contribution in [-0.2, 0) is 11.3 Å². The predicted molar refractivity (Wildman–Crippen MR) is 83.6 cm³/mol. The Kier molecular flexibility index (Phi) is 4.75. The molecule has 5 heteroatoms. The van der Waals surface area contributed by atoms with E-state index in [2.05, 4.69) is 11.0 Å². The molecule has 20 heavy (non-hydrogen) atoms. The van der Waals surface area contributed by atoms with E-state index in [1.807, 2.05) is 32.0 Å². The monoisotopic (exact) mass is 294 g/mol. The van der Waals surface area contributed by atoms with Crippen LogP contribution in [0.4, 0.5) is 0 Å². The zero-order valence-electron chi connectivity index (χ0n) is 12.0. The van der Waals surface area contributed by atoms with E-state index >= 15 is 0 Å². The van der Waals surface area contributed by atoms with Crippen molar-refractivity contribution in [2.75, 3.05) is 19.7 Å². The van der Waals surface area contributed by atoms with Crippen molar-refractivity contribution in [3.05, 3.63) is 35.4 Å². The summed E-state index contributed by atoms with van der Waals surface area (Å²) in [6, 6.07) is 7.99. The first-order valence-electron chi connectivity index (χ1n) is 6.79. The van der Waals surface area contributed by atoms with Gasteiger partial charge in [-0.2, -0.15) is 0 Å². The molecule has 1 saturated heterocycles. The summed E-state index contributed by atoms with van der Waals surface area (Å²) in [5.41, 5.74) is 7.49. The average molecular weight is 294 g/mol. The van der Waals surface area contributed by atoms with Gasteiger partial charge in [0.2, 0.25) is 0 Å². The highest BCUT2D eigenvalue weighted by Gasteiger charge is 2.32. The first-order chi connectivity index (χ1) is 9.39. The van der Waals surface area contributed by atoms with Crippen molar-refractivity contribution in [3.63, 3.8) is 0 Å². The molecule has 0 bridgehead atoms. The molecule has 0 amide bonds. The fourth-order valence-electron chi connectivity index (χ4n) is 2.71. The Bertz CT molecular complexity index is 491. The van der Waals surface area contributed by atoms with Crippen LogP contribution in [0, 0.1) is 0 Å². The molecule has 0 spiro atoms. The second-order valence-electron chi connectivity index (χ2n) is 5.92. The summed E-state index contributed by atoms with van der Waals surface area (Å²) in [5.74, 6) is 0. The molecule has 1 fully saturated rings. The van der Waals surface area contributed by atoms with Crippen molar-refractivity contribution in [1.82, 2.24) is 4.90 Å². The van der Waals surface area contributed by atoms with Gasteiger partial charge in [0.25, 0.3) is 0 Å². The van der Waals surface area contributed by atoms with Crippen molar-refractivity contribution < 1.29 is 9.84 Å². The summed E-state index contributed by atoms with van der Waals surface area (Å²) in [6.45, 7) is 6.52. The molecular formula is C15H22N2O2S. The molecule has 110 valence electrons. The van der Waals surface area contributed by atoms with Crippen LogP contribution in [-0.4, -0.2) is 46.4 Å². The summed E-state index contributed by atoms with van der Waals surface area (Å²) >= 11 is 5.01. The highest BCUT2D eigenvalue weighted by molar-refractivity contribution is 7.80. The maximum Gasteiger partial charge on any atom is 0.103 e. The molecule has 0 aromatic heterocycles. The van der Waals surface area contributed by atoms with Gasteiger partial charge in [-0.25, -0.2) is 0 Å². The van der Waals surface area contributed by atoms with Gasteiger partial charge in [-0.1, -0.05) is 30.4 Å². The Labute approximate surface area is 125 Å². The summed E-state index contributed by atoms with van der Waals surface area (Å²) in [7, 11) is 0. The van der Waals surface area contributed by atoms with Gasteiger partial charge in [0.05, 0.1) is 18.3 Å². The van der Waals surface area contributed by atoms with E-state index in [1.165, 1.54) is 5.56 Å². The second-order valence-corrected chi connectivity index (χ2v) is 6.36. The van der Waals surface area contributed by atoms with E-state index in [0.717, 1.165) is 25.2 Å². The van der Waals surface area contributed by atoms with Crippen molar-refractivity contribution in [2.45, 2.75) is 32.1 Å². The molecule has 1 aliphatic rings. The quantitative estimate of drug-likeness (QED) is 0.820. The molecule has 1 aromatic rings. The number of aliphatic hydroxyl groups excluding tert-OH is 1. The van der Waals surface area contributed by atoms with Gasteiger partial charge < -0.3 is 15.6 Å². The number of nitrogens with zero attached hydrogens (tertiary/aromatic N) is 1. The lowest BCUT2D eigenvalue weighted by atomic mass is 10.0. The average Bonchev–Trinajstić information content (AvgIpc) is 2.37. The SMILES string of the molecule is CC1(C)CN(Cc2cccc(C(N)=S)c2)CC(CO)O1. The topological polar surface area (TPSA) is 58.7 Å². The minimum atomic E-state index is -0.244. The first-order valence-corrected chi connectivity index (χ1v) is 7.20. The number of morpholine rings is 1. The van der Waals surface area contributed by atoms with Gasteiger partial charge in [-0.15, -0.1) is 0 Å². The highest BCUT2D eigenvalue weighted by Crippen LogP contribution is 2.22. The normalized spacial score (nSPS) is 22.6. The van der Waals surface area contributed by atoms with E-state index in [9.17, 15) is 5.11 Å². The Morgan fingerprint density at radius 1 is 1.55 bits per heavy atom. The lowest BCUT2D eigenvalue weighted by Gasteiger charge is -2.42. The maximum atomic E-state index is 9.34. The maximum absolute atomic E-state index is 9.34. The number of benzene rings is 1. The van der Waals surface area contributed by atoms with Crippen molar-refractivity contribution in [2.24, 2.45) is 5.73 Å². The molecule has 1 atom stereocenters. The number of aliphatic hydroxyl groups is 1. The molecule has 0 aliphatic carbocycles. The predicted octanol–water partition coefficient (Wildman–Crippen LogP) is 1.29. The van der Waals surface area contributed by atoms with E-state index in [0.29, 0.717) is 4.99 Å². The minimum absolute atomic E-state index is 0.0485. The standard InChI is InChI=1S/C15H22N2O2S/c1-15(2)10-17(8-13(9-18)19-15)7-11-4-3-5-12(6-11)14(16)20/h3-6,13,18H,7-10H2,1-2H3,(H2,16,20). The Hall–Kier alpha value is -1.01. The van der Waals surface area contributed by atoms with Crippen LogP contribution in [0.1, 0.15) is 25.0 Å². The van der Waals surface area contributed by atoms with Gasteiger partial charge in [-0.3, -0.25) is 4.90 Å². The molecule has 0 radical (unpaired) electrons.